The van der Waals surface area contributed by atoms with Crippen molar-refractivity contribution in [2.45, 2.75) is 32.1 Å². The minimum Gasteiger partial charge on any atom is -0.478 e. The van der Waals surface area contributed by atoms with Crippen molar-refractivity contribution in [3.05, 3.63) is 28.8 Å². The topological polar surface area (TPSA) is 40.5 Å². The van der Waals surface area contributed by atoms with Gasteiger partial charge in [-0.15, -0.1) is 0 Å². The van der Waals surface area contributed by atoms with Gasteiger partial charge in [0.2, 0.25) is 0 Å². The SMILES string of the molecule is O=C(O)c1c(Cl)cccc1N1CCCCCCC1. The number of rotatable bonds is 2. The Morgan fingerprint density at radius 1 is 1.11 bits per heavy atom. The molecule has 3 nitrogen and oxygen atoms in total. The predicted octanol–water partition coefficient (Wildman–Crippen LogP) is 3.81. The Kier molecular flexibility index (Phi) is 4.48. The summed E-state index contributed by atoms with van der Waals surface area (Å²) >= 11 is 6.01. The van der Waals surface area contributed by atoms with Crippen LogP contribution in [0.25, 0.3) is 0 Å². The van der Waals surface area contributed by atoms with Crippen LogP contribution in [0.15, 0.2) is 18.2 Å². The van der Waals surface area contributed by atoms with E-state index in [1.165, 1.54) is 19.3 Å². The summed E-state index contributed by atoms with van der Waals surface area (Å²) in [4.78, 5) is 13.5. The van der Waals surface area contributed by atoms with Crippen LogP contribution < -0.4 is 4.90 Å². The van der Waals surface area contributed by atoms with E-state index < -0.39 is 5.97 Å². The van der Waals surface area contributed by atoms with Crippen LogP contribution in [0.4, 0.5) is 5.69 Å². The molecule has 1 N–H and O–H groups in total. The van der Waals surface area contributed by atoms with Gasteiger partial charge >= 0.3 is 5.97 Å². The summed E-state index contributed by atoms with van der Waals surface area (Å²) in [5.41, 5.74) is 0.997. The zero-order chi connectivity index (χ0) is 13.0. The molecule has 0 amide bonds. The fraction of sp³-hybridized carbons (Fsp3) is 0.500. The number of carboxylic acids is 1. The fourth-order valence-corrected chi connectivity index (χ4v) is 2.73. The number of carboxylic acid groups (broad SMARTS) is 1. The fourth-order valence-electron chi connectivity index (χ4n) is 2.48. The molecule has 0 unspecified atom stereocenters. The van der Waals surface area contributed by atoms with Crippen molar-refractivity contribution < 1.29 is 9.90 Å². The molecule has 1 aliphatic heterocycles. The minimum atomic E-state index is -0.947. The second kappa shape index (κ2) is 6.10. The molecule has 1 fully saturated rings. The molecule has 1 heterocycles. The average molecular weight is 268 g/mol. The second-order valence-corrected chi connectivity index (χ2v) is 5.10. The zero-order valence-electron chi connectivity index (χ0n) is 10.4. The van der Waals surface area contributed by atoms with Gasteiger partial charge in [0.05, 0.1) is 10.7 Å². The Bertz CT molecular complexity index is 426. The molecular formula is C14H18ClNO2. The number of carbonyl (C=O) groups is 1. The van der Waals surface area contributed by atoms with Gasteiger partial charge in [-0.05, 0) is 25.0 Å². The van der Waals surface area contributed by atoms with Crippen molar-refractivity contribution in [1.82, 2.24) is 0 Å². The number of benzene rings is 1. The van der Waals surface area contributed by atoms with Gasteiger partial charge in [0, 0.05) is 13.1 Å². The number of anilines is 1. The maximum Gasteiger partial charge on any atom is 0.339 e. The smallest absolute Gasteiger partial charge is 0.339 e. The number of halogens is 1. The van der Waals surface area contributed by atoms with E-state index in [1.54, 1.807) is 6.07 Å². The third kappa shape index (κ3) is 2.96. The first kappa shape index (κ1) is 13.2. The molecular weight excluding hydrogens is 250 g/mol. The van der Waals surface area contributed by atoms with Crippen molar-refractivity contribution in [1.29, 1.82) is 0 Å². The molecule has 0 bridgehead atoms. The quantitative estimate of drug-likeness (QED) is 0.886. The molecule has 0 saturated carbocycles. The summed E-state index contributed by atoms with van der Waals surface area (Å²) in [5, 5.41) is 9.61. The molecule has 18 heavy (non-hydrogen) atoms. The molecule has 0 atom stereocenters. The van der Waals surface area contributed by atoms with E-state index >= 15 is 0 Å². The van der Waals surface area contributed by atoms with Crippen LogP contribution >= 0.6 is 11.6 Å². The van der Waals surface area contributed by atoms with E-state index in [0.29, 0.717) is 5.02 Å². The van der Waals surface area contributed by atoms with Gasteiger partial charge in [-0.25, -0.2) is 4.79 Å². The molecule has 0 aromatic heterocycles. The number of nitrogens with zero attached hydrogens (tertiary/aromatic N) is 1. The summed E-state index contributed by atoms with van der Waals surface area (Å²) in [7, 11) is 0. The van der Waals surface area contributed by atoms with E-state index in [4.69, 9.17) is 11.6 Å². The van der Waals surface area contributed by atoms with Gasteiger partial charge in [0.25, 0.3) is 0 Å². The van der Waals surface area contributed by atoms with E-state index in [0.717, 1.165) is 31.6 Å². The van der Waals surface area contributed by atoms with Gasteiger partial charge < -0.3 is 10.0 Å². The molecule has 1 saturated heterocycles. The first-order valence-electron chi connectivity index (χ1n) is 6.47. The maximum absolute atomic E-state index is 11.3. The van der Waals surface area contributed by atoms with Crippen molar-refractivity contribution in [3.8, 4) is 0 Å². The maximum atomic E-state index is 11.3. The van der Waals surface area contributed by atoms with E-state index in [2.05, 4.69) is 4.90 Å². The lowest BCUT2D eigenvalue weighted by Gasteiger charge is -2.28. The standard InChI is InChI=1S/C14H18ClNO2/c15-11-7-6-8-12(13(11)14(17)18)16-9-4-2-1-3-5-10-16/h6-8H,1-5,9-10H2,(H,17,18). The van der Waals surface area contributed by atoms with Gasteiger partial charge in [-0.1, -0.05) is 36.9 Å². The van der Waals surface area contributed by atoms with Gasteiger partial charge in [0.1, 0.15) is 5.56 Å². The largest absolute Gasteiger partial charge is 0.478 e. The summed E-state index contributed by atoms with van der Waals surface area (Å²) in [6, 6.07) is 5.32. The molecule has 1 aromatic carbocycles. The second-order valence-electron chi connectivity index (χ2n) is 4.69. The van der Waals surface area contributed by atoms with Gasteiger partial charge in [-0.2, -0.15) is 0 Å². The van der Waals surface area contributed by atoms with Gasteiger partial charge in [-0.3, -0.25) is 0 Å². The van der Waals surface area contributed by atoms with Gasteiger partial charge in [0.15, 0.2) is 0 Å². The molecule has 1 aliphatic rings. The lowest BCUT2D eigenvalue weighted by atomic mass is 10.1. The number of aromatic carboxylic acids is 1. The van der Waals surface area contributed by atoms with Crippen LogP contribution in [0.2, 0.25) is 5.02 Å². The molecule has 0 aliphatic carbocycles. The van der Waals surface area contributed by atoms with Crippen molar-refractivity contribution in [2.75, 3.05) is 18.0 Å². The summed E-state index contributed by atoms with van der Waals surface area (Å²) < 4.78 is 0. The first-order valence-corrected chi connectivity index (χ1v) is 6.84. The molecule has 4 heteroatoms. The number of hydrogen-bond acceptors (Lipinski definition) is 2. The minimum absolute atomic E-state index is 0.236. The van der Waals surface area contributed by atoms with Crippen LogP contribution in [-0.4, -0.2) is 24.2 Å². The number of hydrogen-bond donors (Lipinski definition) is 1. The highest BCUT2D eigenvalue weighted by atomic mass is 35.5. The monoisotopic (exact) mass is 267 g/mol. The highest BCUT2D eigenvalue weighted by molar-refractivity contribution is 6.34. The van der Waals surface area contributed by atoms with Crippen LogP contribution in [0.1, 0.15) is 42.5 Å². The summed E-state index contributed by atoms with van der Waals surface area (Å²) in [6.07, 6.45) is 5.96. The van der Waals surface area contributed by atoms with Crippen LogP contribution in [0.5, 0.6) is 0 Å². The van der Waals surface area contributed by atoms with Crippen LogP contribution in [0, 0.1) is 0 Å². The third-order valence-corrected chi connectivity index (χ3v) is 3.72. The van der Waals surface area contributed by atoms with E-state index in [9.17, 15) is 9.90 Å². The lowest BCUT2D eigenvalue weighted by molar-refractivity contribution is 0.0697. The molecule has 0 radical (unpaired) electrons. The normalized spacial score (nSPS) is 17.1. The molecule has 1 aromatic rings. The Labute approximate surface area is 112 Å². The Hall–Kier alpha value is -1.22. The highest BCUT2D eigenvalue weighted by Gasteiger charge is 2.19. The highest BCUT2D eigenvalue weighted by Crippen LogP contribution is 2.29. The average Bonchev–Trinajstić information content (AvgIpc) is 2.27. The summed E-state index contributed by atoms with van der Waals surface area (Å²) in [5.74, 6) is -0.947. The molecule has 2 rings (SSSR count). The molecule has 98 valence electrons. The Morgan fingerprint density at radius 2 is 1.72 bits per heavy atom. The Morgan fingerprint density at radius 3 is 2.33 bits per heavy atom. The zero-order valence-corrected chi connectivity index (χ0v) is 11.1. The van der Waals surface area contributed by atoms with Crippen molar-refractivity contribution >= 4 is 23.3 Å². The lowest BCUT2D eigenvalue weighted by Crippen LogP contribution is -2.28. The van der Waals surface area contributed by atoms with Crippen LogP contribution in [0.3, 0.4) is 0 Å². The summed E-state index contributed by atoms with van der Waals surface area (Å²) in [6.45, 7) is 1.83. The Balaban J connectivity index is 2.30. The predicted molar refractivity (Wildman–Crippen MR) is 73.7 cm³/mol. The van der Waals surface area contributed by atoms with E-state index in [-0.39, 0.29) is 5.56 Å². The van der Waals surface area contributed by atoms with Crippen LogP contribution in [-0.2, 0) is 0 Å². The third-order valence-electron chi connectivity index (χ3n) is 3.40. The first-order chi connectivity index (χ1) is 8.70. The molecule has 0 spiro atoms. The van der Waals surface area contributed by atoms with Crippen molar-refractivity contribution in [3.63, 3.8) is 0 Å². The van der Waals surface area contributed by atoms with E-state index in [1.807, 2.05) is 12.1 Å². The van der Waals surface area contributed by atoms with Crippen molar-refractivity contribution in [2.24, 2.45) is 0 Å².